The van der Waals surface area contributed by atoms with Gasteiger partial charge in [-0.25, -0.2) is 19.0 Å². The lowest BCUT2D eigenvalue weighted by Crippen LogP contribution is -2.49. The van der Waals surface area contributed by atoms with E-state index in [1.807, 2.05) is 30.3 Å². The molecule has 0 radical (unpaired) electrons. The molecule has 4 rings (SSSR count). The van der Waals surface area contributed by atoms with Crippen molar-refractivity contribution >= 4 is 28.9 Å². The lowest BCUT2D eigenvalue weighted by Gasteiger charge is -2.35. The molecule has 1 amide bonds. The monoisotopic (exact) mass is 454 g/mol. The van der Waals surface area contributed by atoms with E-state index in [0.29, 0.717) is 32.7 Å². The number of halogens is 1. The van der Waals surface area contributed by atoms with Crippen molar-refractivity contribution in [3.8, 4) is 0 Å². The van der Waals surface area contributed by atoms with Gasteiger partial charge in [0.15, 0.2) is 11.6 Å². The molecule has 0 spiro atoms. The molecule has 3 aromatic rings. The zero-order valence-corrected chi connectivity index (χ0v) is 18.0. The van der Waals surface area contributed by atoms with Crippen LogP contribution in [-0.2, 0) is 17.9 Å². The fourth-order valence-electron chi connectivity index (χ4n) is 3.80. The molecule has 9 nitrogen and oxygen atoms in total. The Bertz CT molecular complexity index is 1250. The standard InChI is InChI=1S/C23H23FN4O5/c1-2-26-13-17(22(30)31)19(29)16-12-18(24)21(25-20(16)26)27-8-10-28(11-9-27)23(32)33-14-15-6-4-3-5-7-15/h3-7,12-13H,2,8-11,14H2,1H3,(H,30,31). The summed E-state index contributed by atoms with van der Waals surface area (Å²) >= 11 is 0. The molecule has 1 N–H and O–H groups in total. The van der Waals surface area contributed by atoms with Gasteiger partial charge in [0.2, 0.25) is 5.43 Å². The summed E-state index contributed by atoms with van der Waals surface area (Å²) in [4.78, 5) is 43.8. The molecule has 1 aliphatic rings. The first kappa shape index (κ1) is 22.3. The maximum atomic E-state index is 14.9. The van der Waals surface area contributed by atoms with Crippen molar-refractivity contribution in [2.24, 2.45) is 0 Å². The molecule has 2 aromatic heterocycles. The third-order valence-electron chi connectivity index (χ3n) is 5.60. The van der Waals surface area contributed by atoms with Crippen LogP contribution in [0.2, 0.25) is 0 Å². The van der Waals surface area contributed by atoms with Crippen LogP contribution >= 0.6 is 0 Å². The van der Waals surface area contributed by atoms with Gasteiger partial charge >= 0.3 is 12.1 Å². The predicted octanol–water partition coefficient (Wildman–Crippen LogP) is 2.71. The number of pyridine rings is 2. The second-order valence-electron chi connectivity index (χ2n) is 7.64. The lowest BCUT2D eigenvalue weighted by molar-refractivity contribution is 0.0694. The van der Waals surface area contributed by atoms with E-state index < -0.39 is 28.9 Å². The van der Waals surface area contributed by atoms with Gasteiger partial charge in [-0.3, -0.25) is 4.79 Å². The van der Waals surface area contributed by atoms with Crippen LogP contribution in [0, 0.1) is 5.82 Å². The normalized spacial score (nSPS) is 13.9. The van der Waals surface area contributed by atoms with Crippen LogP contribution in [0.25, 0.3) is 11.0 Å². The summed E-state index contributed by atoms with van der Waals surface area (Å²) in [5, 5.41) is 9.19. The maximum Gasteiger partial charge on any atom is 0.410 e. The van der Waals surface area contributed by atoms with Gasteiger partial charge in [0.1, 0.15) is 17.8 Å². The molecule has 1 saturated heterocycles. The number of nitrogens with zero attached hydrogens (tertiary/aromatic N) is 4. The molecule has 3 heterocycles. The number of aryl methyl sites for hydroxylation is 1. The second kappa shape index (κ2) is 9.27. The Labute approximate surface area is 188 Å². The number of aromatic carboxylic acids is 1. The van der Waals surface area contributed by atoms with Crippen molar-refractivity contribution in [1.82, 2.24) is 14.5 Å². The SMILES string of the molecule is CCn1cc(C(=O)O)c(=O)c2cc(F)c(N3CCN(C(=O)OCc4ccccc4)CC3)nc21. The Morgan fingerprint density at radius 2 is 1.85 bits per heavy atom. The van der Waals surface area contributed by atoms with Crippen molar-refractivity contribution < 1.29 is 23.8 Å². The molecule has 0 atom stereocenters. The van der Waals surface area contributed by atoms with E-state index in [-0.39, 0.29) is 23.5 Å². The van der Waals surface area contributed by atoms with Gasteiger partial charge in [0.05, 0.1) is 5.39 Å². The van der Waals surface area contributed by atoms with Crippen LogP contribution in [0.3, 0.4) is 0 Å². The highest BCUT2D eigenvalue weighted by Gasteiger charge is 2.26. The summed E-state index contributed by atoms with van der Waals surface area (Å²) in [5.41, 5.74) is -0.0967. The molecule has 0 saturated carbocycles. The summed E-state index contributed by atoms with van der Waals surface area (Å²) in [6, 6.07) is 10.4. The van der Waals surface area contributed by atoms with E-state index >= 15 is 0 Å². The number of aromatic nitrogens is 2. The number of carboxylic acids is 1. The Kier molecular flexibility index (Phi) is 6.25. The topological polar surface area (TPSA) is 105 Å². The highest BCUT2D eigenvalue weighted by Crippen LogP contribution is 2.23. The Balaban J connectivity index is 1.50. The largest absolute Gasteiger partial charge is 0.477 e. The van der Waals surface area contributed by atoms with Gasteiger partial charge in [0, 0.05) is 38.9 Å². The van der Waals surface area contributed by atoms with Gasteiger partial charge < -0.3 is 24.2 Å². The molecule has 0 aliphatic carbocycles. The Morgan fingerprint density at radius 3 is 2.48 bits per heavy atom. The highest BCUT2D eigenvalue weighted by molar-refractivity contribution is 5.92. The number of ether oxygens (including phenoxy) is 1. The number of amides is 1. The van der Waals surface area contributed by atoms with E-state index in [2.05, 4.69) is 4.98 Å². The quantitative estimate of drug-likeness (QED) is 0.632. The van der Waals surface area contributed by atoms with Gasteiger partial charge in [-0.05, 0) is 18.6 Å². The smallest absolute Gasteiger partial charge is 0.410 e. The minimum atomic E-state index is -1.37. The number of piperazine rings is 1. The molecule has 1 aliphatic heterocycles. The summed E-state index contributed by atoms with van der Waals surface area (Å²) in [6.07, 6.45) is 0.786. The summed E-state index contributed by atoms with van der Waals surface area (Å²) in [7, 11) is 0. The molecule has 172 valence electrons. The van der Waals surface area contributed by atoms with E-state index in [4.69, 9.17) is 4.74 Å². The number of hydrogen-bond acceptors (Lipinski definition) is 6. The van der Waals surface area contributed by atoms with Crippen LogP contribution in [-0.4, -0.2) is 57.8 Å². The first-order valence-corrected chi connectivity index (χ1v) is 10.6. The van der Waals surface area contributed by atoms with Crippen LogP contribution in [0.1, 0.15) is 22.8 Å². The summed E-state index contributed by atoms with van der Waals surface area (Å²) in [5.74, 6) is -2.03. The molecular formula is C23H23FN4O5. The number of carbonyl (C=O) groups is 2. The van der Waals surface area contributed by atoms with Crippen molar-refractivity contribution in [1.29, 1.82) is 0 Å². The number of rotatable bonds is 5. The highest BCUT2D eigenvalue weighted by atomic mass is 19.1. The summed E-state index contributed by atoms with van der Waals surface area (Å²) in [6.45, 7) is 3.62. The van der Waals surface area contributed by atoms with E-state index in [0.717, 1.165) is 11.6 Å². The van der Waals surface area contributed by atoms with E-state index in [1.54, 1.807) is 16.7 Å². The van der Waals surface area contributed by atoms with Crippen LogP contribution in [0.4, 0.5) is 15.0 Å². The van der Waals surface area contributed by atoms with Crippen molar-refractivity contribution in [3.05, 3.63) is 69.8 Å². The number of hydrogen-bond donors (Lipinski definition) is 1. The second-order valence-corrected chi connectivity index (χ2v) is 7.64. The fourth-order valence-corrected chi connectivity index (χ4v) is 3.80. The minimum Gasteiger partial charge on any atom is -0.477 e. The third kappa shape index (κ3) is 4.50. The average Bonchev–Trinajstić information content (AvgIpc) is 2.83. The average molecular weight is 454 g/mol. The van der Waals surface area contributed by atoms with E-state index in [9.17, 15) is 23.9 Å². The van der Waals surface area contributed by atoms with Gasteiger partial charge in [0.25, 0.3) is 0 Å². The van der Waals surface area contributed by atoms with Crippen molar-refractivity contribution in [2.75, 3.05) is 31.1 Å². The zero-order valence-electron chi connectivity index (χ0n) is 18.0. The molecule has 1 fully saturated rings. The summed E-state index contributed by atoms with van der Waals surface area (Å²) < 4.78 is 21.8. The molecule has 1 aromatic carbocycles. The molecule has 10 heteroatoms. The van der Waals surface area contributed by atoms with Gasteiger partial charge in [-0.1, -0.05) is 30.3 Å². The van der Waals surface area contributed by atoms with E-state index in [1.165, 1.54) is 10.8 Å². The fraction of sp³-hybridized carbons (Fsp3) is 0.304. The number of carbonyl (C=O) groups excluding carboxylic acids is 1. The molecular weight excluding hydrogens is 431 g/mol. The predicted molar refractivity (Wildman–Crippen MR) is 119 cm³/mol. The Morgan fingerprint density at radius 1 is 1.15 bits per heavy atom. The maximum absolute atomic E-state index is 14.9. The molecule has 0 bridgehead atoms. The van der Waals surface area contributed by atoms with Crippen LogP contribution < -0.4 is 10.3 Å². The Hall–Kier alpha value is -3.95. The van der Waals surface area contributed by atoms with Crippen LogP contribution in [0.15, 0.2) is 47.4 Å². The van der Waals surface area contributed by atoms with Crippen molar-refractivity contribution in [3.63, 3.8) is 0 Å². The number of benzene rings is 1. The number of carboxylic acid groups (broad SMARTS) is 1. The third-order valence-corrected chi connectivity index (χ3v) is 5.60. The minimum absolute atomic E-state index is 0.0597. The zero-order chi connectivity index (χ0) is 23.5. The first-order valence-electron chi connectivity index (χ1n) is 10.6. The number of anilines is 1. The van der Waals surface area contributed by atoms with Crippen molar-refractivity contribution in [2.45, 2.75) is 20.1 Å². The molecule has 0 unspecified atom stereocenters. The first-order chi connectivity index (χ1) is 15.9. The molecule has 33 heavy (non-hydrogen) atoms. The van der Waals surface area contributed by atoms with Crippen LogP contribution in [0.5, 0.6) is 0 Å². The lowest BCUT2D eigenvalue weighted by atomic mass is 10.2. The van der Waals surface area contributed by atoms with Gasteiger partial charge in [-0.2, -0.15) is 0 Å². The van der Waals surface area contributed by atoms with Gasteiger partial charge in [-0.15, -0.1) is 0 Å². The number of fused-ring (bicyclic) bond motifs is 1.